The molecule has 0 saturated heterocycles. The molecule has 0 aliphatic heterocycles. The minimum absolute atomic E-state index is 0.0226. The van der Waals surface area contributed by atoms with Gasteiger partial charge in [0.25, 0.3) is 5.69 Å². The van der Waals surface area contributed by atoms with Crippen molar-refractivity contribution < 1.29 is 14.2 Å². The van der Waals surface area contributed by atoms with Gasteiger partial charge in [-0.15, -0.1) is 0 Å². The molecular weight excluding hydrogens is 209 g/mol. The molecule has 0 saturated carbocycles. The molecule has 5 nitrogen and oxygen atoms in total. The first-order chi connectivity index (χ1) is 7.70. The Morgan fingerprint density at radius 1 is 1.25 bits per heavy atom. The highest BCUT2D eigenvalue weighted by Crippen LogP contribution is 2.09. The predicted octanol–water partition coefficient (Wildman–Crippen LogP) is 1.36. The summed E-state index contributed by atoms with van der Waals surface area (Å²) in [7, 11) is -0.670. The molecule has 0 heterocycles. The van der Waals surface area contributed by atoms with Gasteiger partial charge in [-0.25, -0.2) is 0 Å². The molecule has 0 bridgehead atoms. The summed E-state index contributed by atoms with van der Waals surface area (Å²) in [5.41, 5.74) is 0.477. The van der Waals surface area contributed by atoms with Crippen molar-refractivity contribution in [2.75, 3.05) is 13.2 Å². The van der Waals surface area contributed by atoms with Crippen LogP contribution in [0.2, 0.25) is 0 Å². The minimum Gasteiger partial charge on any atom is -0.407 e. The van der Waals surface area contributed by atoms with E-state index in [4.69, 9.17) is 9.31 Å². The first-order valence-corrected chi connectivity index (χ1v) is 5.17. The van der Waals surface area contributed by atoms with Crippen molar-refractivity contribution in [1.82, 2.24) is 0 Å². The van der Waals surface area contributed by atoms with Gasteiger partial charge in [-0.1, -0.05) is 18.2 Å². The van der Waals surface area contributed by atoms with E-state index in [2.05, 4.69) is 0 Å². The smallest absolute Gasteiger partial charge is 0.407 e. The average molecular weight is 223 g/mol. The SMILES string of the molecule is CCOB(OCC)c1ccccc1[N+](=O)[O-]. The number of nitrogens with zero attached hydrogens (tertiary/aromatic N) is 1. The van der Waals surface area contributed by atoms with Crippen LogP contribution < -0.4 is 5.46 Å². The fourth-order valence-electron chi connectivity index (χ4n) is 1.38. The third kappa shape index (κ3) is 3.05. The topological polar surface area (TPSA) is 61.6 Å². The fraction of sp³-hybridized carbons (Fsp3) is 0.400. The van der Waals surface area contributed by atoms with Gasteiger partial charge >= 0.3 is 7.12 Å². The molecule has 1 aromatic rings. The van der Waals surface area contributed by atoms with Crippen molar-refractivity contribution in [1.29, 1.82) is 0 Å². The number of hydrogen-bond donors (Lipinski definition) is 0. The lowest BCUT2D eigenvalue weighted by Gasteiger charge is -2.12. The molecule has 0 atom stereocenters. The summed E-state index contributed by atoms with van der Waals surface area (Å²) in [5.74, 6) is 0. The van der Waals surface area contributed by atoms with Gasteiger partial charge in [0.15, 0.2) is 0 Å². The maximum absolute atomic E-state index is 10.8. The van der Waals surface area contributed by atoms with Crippen LogP contribution in [0, 0.1) is 10.1 Å². The Morgan fingerprint density at radius 2 is 1.81 bits per heavy atom. The molecule has 0 aliphatic rings. The molecule has 1 rings (SSSR count). The lowest BCUT2D eigenvalue weighted by molar-refractivity contribution is -0.383. The number of nitro groups is 1. The van der Waals surface area contributed by atoms with Crippen molar-refractivity contribution in [2.45, 2.75) is 13.8 Å². The van der Waals surface area contributed by atoms with Crippen LogP contribution in [0.4, 0.5) is 5.69 Å². The van der Waals surface area contributed by atoms with E-state index in [0.29, 0.717) is 18.7 Å². The quantitative estimate of drug-likeness (QED) is 0.415. The number of rotatable bonds is 6. The summed E-state index contributed by atoms with van der Waals surface area (Å²) in [4.78, 5) is 10.4. The Kier molecular flexibility index (Phi) is 4.95. The molecule has 0 N–H and O–H groups in total. The summed E-state index contributed by atoms with van der Waals surface area (Å²) in [6.45, 7) is 4.52. The average Bonchev–Trinajstić information content (AvgIpc) is 2.29. The van der Waals surface area contributed by atoms with E-state index in [0.717, 1.165) is 0 Å². The predicted molar refractivity (Wildman–Crippen MR) is 61.7 cm³/mol. The first-order valence-electron chi connectivity index (χ1n) is 5.17. The zero-order chi connectivity index (χ0) is 12.0. The second kappa shape index (κ2) is 6.24. The molecule has 0 unspecified atom stereocenters. The Hall–Kier alpha value is -1.40. The molecule has 0 amide bonds. The van der Waals surface area contributed by atoms with E-state index in [1.54, 1.807) is 18.2 Å². The molecule has 0 radical (unpaired) electrons. The minimum atomic E-state index is -0.670. The van der Waals surface area contributed by atoms with E-state index in [1.165, 1.54) is 6.07 Å². The Labute approximate surface area is 94.7 Å². The van der Waals surface area contributed by atoms with Crippen molar-refractivity contribution in [3.8, 4) is 0 Å². The standard InChI is InChI=1S/C10H14BNO4/c1-3-15-11(16-4-2)9-7-5-6-8-10(9)12(13)14/h5-8H,3-4H2,1-2H3. The van der Waals surface area contributed by atoms with E-state index in [1.807, 2.05) is 13.8 Å². The van der Waals surface area contributed by atoms with E-state index in [-0.39, 0.29) is 5.69 Å². The van der Waals surface area contributed by atoms with Gasteiger partial charge in [-0.2, -0.15) is 0 Å². The third-order valence-electron chi connectivity index (χ3n) is 2.02. The normalized spacial score (nSPS) is 10.1. The van der Waals surface area contributed by atoms with Crippen LogP contribution in [0.25, 0.3) is 0 Å². The summed E-state index contributed by atoms with van der Waals surface area (Å²) in [5, 5.41) is 10.8. The van der Waals surface area contributed by atoms with E-state index in [9.17, 15) is 10.1 Å². The molecular formula is C10H14BNO4. The largest absolute Gasteiger partial charge is 0.500 e. The molecule has 86 valence electrons. The zero-order valence-corrected chi connectivity index (χ0v) is 9.38. The highest BCUT2D eigenvalue weighted by atomic mass is 16.6. The Balaban J connectivity index is 3.02. The van der Waals surface area contributed by atoms with E-state index >= 15 is 0 Å². The van der Waals surface area contributed by atoms with Crippen LogP contribution in [0.3, 0.4) is 0 Å². The maximum Gasteiger partial charge on any atom is 0.500 e. The van der Waals surface area contributed by atoms with Crippen LogP contribution >= 0.6 is 0 Å². The van der Waals surface area contributed by atoms with Crippen LogP contribution in [-0.2, 0) is 9.31 Å². The molecule has 0 aromatic heterocycles. The summed E-state index contributed by atoms with van der Waals surface area (Å²) in [6, 6.07) is 6.44. The second-order valence-corrected chi connectivity index (χ2v) is 3.06. The Bertz CT molecular complexity index is 352. The summed E-state index contributed by atoms with van der Waals surface area (Å²) in [6.07, 6.45) is 0. The first kappa shape index (κ1) is 12.7. The van der Waals surface area contributed by atoms with E-state index < -0.39 is 12.0 Å². The maximum atomic E-state index is 10.8. The van der Waals surface area contributed by atoms with Crippen molar-refractivity contribution in [3.05, 3.63) is 34.4 Å². The molecule has 0 fully saturated rings. The fourth-order valence-corrected chi connectivity index (χ4v) is 1.38. The van der Waals surface area contributed by atoms with Crippen LogP contribution in [-0.4, -0.2) is 25.3 Å². The molecule has 0 spiro atoms. The number of para-hydroxylation sites is 1. The van der Waals surface area contributed by atoms with Gasteiger partial charge in [0.2, 0.25) is 0 Å². The Morgan fingerprint density at radius 3 is 2.31 bits per heavy atom. The lowest BCUT2D eigenvalue weighted by Crippen LogP contribution is -2.38. The van der Waals surface area contributed by atoms with Gasteiger partial charge in [0.1, 0.15) is 0 Å². The highest BCUT2D eigenvalue weighted by molar-refractivity contribution is 6.62. The van der Waals surface area contributed by atoms with Gasteiger partial charge < -0.3 is 9.31 Å². The van der Waals surface area contributed by atoms with Crippen molar-refractivity contribution in [2.24, 2.45) is 0 Å². The van der Waals surface area contributed by atoms with Crippen molar-refractivity contribution in [3.63, 3.8) is 0 Å². The van der Waals surface area contributed by atoms with Crippen LogP contribution in [0.5, 0.6) is 0 Å². The zero-order valence-electron chi connectivity index (χ0n) is 9.38. The number of benzene rings is 1. The monoisotopic (exact) mass is 223 g/mol. The van der Waals surface area contributed by atoms with Crippen LogP contribution in [0.15, 0.2) is 24.3 Å². The molecule has 16 heavy (non-hydrogen) atoms. The highest BCUT2D eigenvalue weighted by Gasteiger charge is 2.28. The second-order valence-electron chi connectivity index (χ2n) is 3.06. The van der Waals surface area contributed by atoms with Gasteiger partial charge in [0.05, 0.1) is 10.4 Å². The van der Waals surface area contributed by atoms with Gasteiger partial charge in [-0.05, 0) is 13.8 Å². The van der Waals surface area contributed by atoms with Gasteiger partial charge in [0, 0.05) is 19.3 Å². The third-order valence-corrected chi connectivity index (χ3v) is 2.02. The van der Waals surface area contributed by atoms with Crippen LogP contribution in [0.1, 0.15) is 13.8 Å². The number of nitro benzene ring substituents is 1. The lowest BCUT2D eigenvalue weighted by atomic mass is 9.77. The molecule has 6 heteroatoms. The molecule has 1 aromatic carbocycles. The van der Waals surface area contributed by atoms with Gasteiger partial charge in [-0.3, -0.25) is 10.1 Å². The number of hydrogen-bond acceptors (Lipinski definition) is 4. The summed E-state index contributed by atoms with van der Waals surface area (Å²) < 4.78 is 10.7. The van der Waals surface area contributed by atoms with Crippen molar-refractivity contribution >= 4 is 18.3 Å². The summed E-state index contributed by atoms with van der Waals surface area (Å²) >= 11 is 0. The molecule has 0 aliphatic carbocycles.